The van der Waals surface area contributed by atoms with Gasteiger partial charge in [-0.1, -0.05) is 32.0 Å². The minimum Gasteiger partial charge on any atom is -0.481 e. The maximum atomic E-state index is 11.8. The van der Waals surface area contributed by atoms with Gasteiger partial charge in [-0.25, -0.2) is 8.42 Å². The number of para-hydroxylation sites is 1. The minimum atomic E-state index is -3.37. The summed E-state index contributed by atoms with van der Waals surface area (Å²) in [7, 11) is -3.37. The summed E-state index contributed by atoms with van der Waals surface area (Å²) in [6.45, 7) is 4.24. The molecule has 0 spiro atoms. The average molecular weight is 299 g/mol. The number of carbonyl (C=O) groups is 1. The number of rotatable bonds is 3. The summed E-state index contributed by atoms with van der Waals surface area (Å²) >= 11 is 0. The van der Waals surface area contributed by atoms with Gasteiger partial charge in [-0.05, 0) is 24.0 Å². The lowest BCUT2D eigenvalue weighted by atomic mass is 9.91. The number of sulfonamides is 1. The van der Waals surface area contributed by atoms with Crippen molar-refractivity contribution in [3.63, 3.8) is 0 Å². The third-order valence-corrected chi connectivity index (χ3v) is 4.20. The van der Waals surface area contributed by atoms with E-state index in [1.54, 1.807) is 12.1 Å². The number of anilines is 1. The number of benzene rings is 1. The van der Waals surface area contributed by atoms with E-state index in [2.05, 4.69) is 0 Å². The van der Waals surface area contributed by atoms with Crippen molar-refractivity contribution in [2.24, 2.45) is 5.92 Å². The van der Waals surface area contributed by atoms with Crippen LogP contribution in [0.2, 0.25) is 0 Å². The molecule has 0 unspecified atom stereocenters. The third-order valence-electron chi connectivity index (χ3n) is 3.06. The van der Waals surface area contributed by atoms with Gasteiger partial charge in [0.2, 0.25) is 10.0 Å². The molecule has 1 aliphatic heterocycles. The summed E-state index contributed by atoms with van der Waals surface area (Å²) in [6, 6.07) is 7.23. The van der Waals surface area contributed by atoms with Crippen LogP contribution in [0.5, 0.6) is 0 Å². The fourth-order valence-corrected chi connectivity index (χ4v) is 3.35. The Bertz CT molecular complexity index is 568. The molecule has 6 heteroatoms. The van der Waals surface area contributed by atoms with Gasteiger partial charge in [0.1, 0.15) is 0 Å². The number of aliphatic carboxylic acids is 1. The molecular weight excluding hydrogens is 278 g/mol. The molecule has 0 aliphatic carbocycles. The maximum absolute atomic E-state index is 11.8. The number of fused-ring (bicyclic) bond motifs is 1. The third kappa shape index (κ3) is 3.96. The predicted molar refractivity (Wildman–Crippen MR) is 79.4 cm³/mol. The standard InChI is InChI=1S/C12H15NO4S.C2H6/c1-18(16,17)13-8-9(7-12(14)15)6-10-4-2-3-5-11(10)13;1-2/h2-5,9H,6-8H2,1H3,(H,14,15);1-2H3/t9-;/m0./s1. The minimum absolute atomic E-state index is 0.0135. The van der Waals surface area contributed by atoms with E-state index in [9.17, 15) is 13.2 Å². The Morgan fingerprint density at radius 3 is 2.50 bits per heavy atom. The second kappa shape index (κ2) is 6.74. The maximum Gasteiger partial charge on any atom is 0.303 e. The molecule has 20 heavy (non-hydrogen) atoms. The summed E-state index contributed by atoms with van der Waals surface area (Å²) in [5, 5.41) is 8.83. The molecule has 0 amide bonds. The monoisotopic (exact) mass is 299 g/mol. The molecule has 0 fully saturated rings. The molecule has 1 heterocycles. The van der Waals surface area contributed by atoms with E-state index in [1.165, 1.54) is 4.31 Å². The van der Waals surface area contributed by atoms with Crippen LogP contribution >= 0.6 is 0 Å². The molecule has 112 valence electrons. The normalized spacial score (nSPS) is 17.8. The van der Waals surface area contributed by atoms with Crippen LogP contribution in [0, 0.1) is 5.92 Å². The van der Waals surface area contributed by atoms with Gasteiger partial charge in [-0.3, -0.25) is 9.10 Å². The van der Waals surface area contributed by atoms with Crippen molar-refractivity contribution < 1.29 is 18.3 Å². The van der Waals surface area contributed by atoms with E-state index >= 15 is 0 Å². The summed E-state index contributed by atoms with van der Waals surface area (Å²) in [5.41, 5.74) is 1.56. The van der Waals surface area contributed by atoms with E-state index in [-0.39, 0.29) is 18.9 Å². The van der Waals surface area contributed by atoms with Crippen molar-refractivity contribution in [2.75, 3.05) is 17.1 Å². The largest absolute Gasteiger partial charge is 0.481 e. The summed E-state index contributed by atoms with van der Waals surface area (Å²) in [4.78, 5) is 10.8. The van der Waals surface area contributed by atoms with Gasteiger partial charge in [-0.15, -0.1) is 0 Å². The number of hydrogen-bond acceptors (Lipinski definition) is 3. The predicted octanol–water partition coefficient (Wildman–Crippen LogP) is 2.13. The van der Waals surface area contributed by atoms with Crippen LogP contribution in [0.1, 0.15) is 25.8 Å². The summed E-state index contributed by atoms with van der Waals surface area (Å²) < 4.78 is 24.8. The molecule has 0 bridgehead atoms. The van der Waals surface area contributed by atoms with E-state index < -0.39 is 16.0 Å². The lowest BCUT2D eigenvalue weighted by molar-refractivity contribution is -0.138. The van der Waals surface area contributed by atoms with Gasteiger partial charge in [0.15, 0.2) is 0 Å². The van der Waals surface area contributed by atoms with Gasteiger partial charge in [0.25, 0.3) is 0 Å². The van der Waals surface area contributed by atoms with Crippen LogP contribution in [0.25, 0.3) is 0 Å². The van der Waals surface area contributed by atoms with Crippen LogP contribution in [0.3, 0.4) is 0 Å². The van der Waals surface area contributed by atoms with Crippen molar-refractivity contribution in [2.45, 2.75) is 26.7 Å². The molecule has 1 N–H and O–H groups in total. The van der Waals surface area contributed by atoms with Gasteiger partial charge in [0.05, 0.1) is 18.4 Å². The van der Waals surface area contributed by atoms with Crippen LogP contribution in [-0.4, -0.2) is 32.3 Å². The van der Waals surface area contributed by atoms with Crippen LogP contribution in [0.15, 0.2) is 24.3 Å². The van der Waals surface area contributed by atoms with Crippen LogP contribution < -0.4 is 4.31 Å². The van der Waals surface area contributed by atoms with E-state index in [1.807, 2.05) is 26.0 Å². The Morgan fingerprint density at radius 2 is 1.95 bits per heavy atom. The number of carboxylic acids is 1. The lowest BCUT2D eigenvalue weighted by Gasteiger charge is -2.33. The summed E-state index contributed by atoms with van der Waals surface area (Å²) in [5.74, 6) is -1.07. The Kier molecular flexibility index (Phi) is 5.56. The van der Waals surface area contributed by atoms with Crippen molar-refractivity contribution >= 4 is 21.7 Å². The van der Waals surface area contributed by atoms with Gasteiger partial charge in [0, 0.05) is 6.54 Å². The molecule has 0 saturated carbocycles. The van der Waals surface area contributed by atoms with Crippen molar-refractivity contribution in [3.8, 4) is 0 Å². The Hall–Kier alpha value is -1.56. The fraction of sp³-hybridized carbons (Fsp3) is 0.500. The molecule has 1 aliphatic rings. The zero-order valence-corrected chi connectivity index (χ0v) is 12.9. The molecule has 0 aromatic heterocycles. The van der Waals surface area contributed by atoms with Crippen molar-refractivity contribution in [3.05, 3.63) is 29.8 Å². The van der Waals surface area contributed by atoms with Crippen molar-refractivity contribution in [1.82, 2.24) is 0 Å². The Labute approximate surface area is 120 Å². The first-order chi connectivity index (χ1) is 9.38. The van der Waals surface area contributed by atoms with E-state index in [0.717, 1.165) is 11.8 Å². The second-order valence-corrected chi connectivity index (χ2v) is 6.50. The number of carboxylic acid groups (broad SMARTS) is 1. The molecule has 1 aromatic rings. The van der Waals surface area contributed by atoms with Gasteiger partial charge in [-0.2, -0.15) is 0 Å². The molecule has 5 nitrogen and oxygen atoms in total. The quantitative estimate of drug-likeness (QED) is 0.927. The van der Waals surface area contributed by atoms with Gasteiger partial charge < -0.3 is 5.11 Å². The van der Waals surface area contributed by atoms with E-state index in [0.29, 0.717) is 12.1 Å². The Balaban J connectivity index is 0.000000956. The molecule has 0 saturated heterocycles. The molecule has 1 aromatic carbocycles. The highest BCUT2D eigenvalue weighted by molar-refractivity contribution is 7.92. The van der Waals surface area contributed by atoms with E-state index in [4.69, 9.17) is 5.11 Å². The highest BCUT2D eigenvalue weighted by Crippen LogP contribution is 2.32. The molecule has 0 radical (unpaired) electrons. The zero-order valence-electron chi connectivity index (χ0n) is 12.0. The topological polar surface area (TPSA) is 74.7 Å². The molecule has 2 rings (SSSR count). The smallest absolute Gasteiger partial charge is 0.303 e. The SMILES string of the molecule is CC.CS(=O)(=O)N1C[C@H](CC(=O)O)Cc2ccccc21. The zero-order chi connectivity index (χ0) is 15.3. The second-order valence-electron chi connectivity index (χ2n) is 4.59. The summed E-state index contributed by atoms with van der Waals surface area (Å²) in [6.07, 6.45) is 1.74. The fourth-order valence-electron chi connectivity index (χ4n) is 2.33. The van der Waals surface area contributed by atoms with Gasteiger partial charge >= 0.3 is 5.97 Å². The highest BCUT2D eigenvalue weighted by Gasteiger charge is 2.30. The first-order valence-corrected chi connectivity index (χ1v) is 8.50. The molecular formula is C14H21NO4S. The highest BCUT2D eigenvalue weighted by atomic mass is 32.2. The first kappa shape index (κ1) is 16.5. The molecule has 1 atom stereocenters. The van der Waals surface area contributed by atoms with Crippen LogP contribution in [0.4, 0.5) is 5.69 Å². The first-order valence-electron chi connectivity index (χ1n) is 6.65. The Morgan fingerprint density at radius 1 is 1.35 bits per heavy atom. The van der Waals surface area contributed by atoms with Crippen LogP contribution in [-0.2, 0) is 21.2 Å². The number of nitrogens with zero attached hydrogens (tertiary/aromatic N) is 1. The number of hydrogen-bond donors (Lipinski definition) is 1. The average Bonchev–Trinajstić information content (AvgIpc) is 2.38. The lowest BCUT2D eigenvalue weighted by Crippen LogP contribution is -2.40. The van der Waals surface area contributed by atoms with Crippen molar-refractivity contribution in [1.29, 1.82) is 0 Å².